The van der Waals surface area contributed by atoms with Crippen LogP contribution < -0.4 is 0 Å². The summed E-state index contributed by atoms with van der Waals surface area (Å²) in [5.74, 6) is 0. The van der Waals surface area contributed by atoms with E-state index >= 15 is 0 Å². The monoisotopic (exact) mass is 599 g/mol. The van der Waals surface area contributed by atoms with E-state index in [-0.39, 0.29) is 0 Å². The molecule has 0 fully saturated rings. The molecule has 7 aromatic carbocycles. The minimum absolute atomic E-state index is 0.629. The standard InChI is InChI=1S/C43H25N3O/c44-26-28-22-21-27(23-40(28)45-37-17-7-2-12-30(37)31-13-3-8-18-38(31)45)29-11-1-6-16-36(29)46-39-19-9-4-14-32(39)34-25-43-35(24-41(34)46)33-15-5-10-20-42(33)47-43/h1-25H. The topological polar surface area (TPSA) is 46.8 Å². The maximum atomic E-state index is 10.3. The van der Waals surface area contributed by atoms with Crippen LogP contribution in [0.3, 0.4) is 0 Å². The van der Waals surface area contributed by atoms with E-state index in [9.17, 15) is 5.26 Å². The van der Waals surface area contributed by atoms with Gasteiger partial charge in [0.2, 0.25) is 0 Å². The zero-order valence-corrected chi connectivity index (χ0v) is 25.2. The number of benzene rings is 7. The van der Waals surface area contributed by atoms with Gasteiger partial charge in [-0.15, -0.1) is 0 Å². The molecule has 0 aliphatic carbocycles. The highest BCUT2D eigenvalue weighted by molar-refractivity contribution is 6.17. The van der Waals surface area contributed by atoms with Gasteiger partial charge in [0.05, 0.1) is 39.0 Å². The van der Waals surface area contributed by atoms with Gasteiger partial charge in [0, 0.05) is 37.9 Å². The van der Waals surface area contributed by atoms with Crippen molar-refractivity contribution in [1.29, 1.82) is 5.26 Å². The molecule has 0 N–H and O–H groups in total. The third kappa shape index (κ3) is 3.63. The van der Waals surface area contributed by atoms with Gasteiger partial charge in [-0.25, -0.2) is 0 Å². The fraction of sp³-hybridized carbons (Fsp3) is 0. The third-order valence-electron chi connectivity index (χ3n) is 9.57. The first-order chi connectivity index (χ1) is 23.3. The van der Waals surface area contributed by atoms with Crippen molar-refractivity contribution in [3.63, 3.8) is 0 Å². The minimum atomic E-state index is 0.629. The second-order valence-electron chi connectivity index (χ2n) is 12.0. The molecular formula is C43H25N3O. The van der Waals surface area contributed by atoms with Crippen molar-refractivity contribution < 1.29 is 4.42 Å². The molecule has 4 heteroatoms. The van der Waals surface area contributed by atoms with E-state index in [1.807, 2.05) is 18.2 Å². The van der Waals surface area contributed by atoms with Crippen LogP contribution in [0.5, 0.6) is 0 Å². The molecule has 0 saturated carbocycles. The molecule has 0 radical (unpaired) electrons. The molecule has 3 heterocycles. The number of nitrogens with zero attached hydrogens (tertiary/aromatic N) is 3. The van der Waals surface area contributed by atoms with E-state index in [1.165, 1.54) is 16.2 Å². The second kappa shape index (κ2) is 9.71. The van der Waals surface area contributed by atoms with Crippen LogP contribution in [-0.2, 0) is 0 Å². The molecule has 0 aliphatic rings. The van der Waals surface area contributed by atoms with Gasteiger partial charge in [-0.05, 0) is 60.2 Å². The lowest BCUT2D eigenvalue weighted by atomic mass is 10.00. The summed E-state index contributed by atoms with van der Waals surface area (Å²) in [6, 6.07) is 55.4. The van der Waals surface area contributed by atoms with Gasteiger partial charge in [-0.1, -0.05) is 97.1 Å². The summed E-state index contributed by atoms with van der Waals surface area (Å²) in [4.78, 5) is 0. The normalized spacial score (nSPS) is 11.8. The van der Waals surface area contributed by atoms with Crippen LogP contribution in [0, 0.1) is 11.3 Å². The summed E-state index contributed by atoms with van der Waals surface area (Å²) in [5.41, 5.74) is 10.9. The smallest absolute Gasteiger partial charge is 0.136 e. The molecule has 3 aromatic heterocycles. The largest absolute Gasteiger partial charge is 0.456 e. The summed E-state index contributed by atoms with van der Waals surface area (Å²) in [7, 11) is 0. The Morgan fingerprint density at radius 3 is 1.70 bits per heavy atom. The molecule has 0 aliphatic heterocycles. The Hall–Kier alpha value is -6.57. The average molecular weight is 600 g/mol. The molecule has 47 heavy (non-hydrogen) atoms. The predicted octanol–water partition coefficient (Wildman–Crippen LogP) is 11.3. The Labute approximate surface area is 269 Å². The highest BCUT2D eigenvalue weighted by atomic mass is 16.3. The Morgan fingerprint density at radius 2 is 1.00 bits per heavy atom. The first kappa shape index (κ1) is 25.7. The van der Waals surface area contributed by atoms with E-state index in [2.05, 4.69) is 149 Å². The lowest BCUT2D eigenvalue weighted by molar-refractivity contribution is 0.669. The van der Waals surface area contributed by atoms with Crippen LogP contribution in [0.2, 0.25) is 0 Å². The van der Waals surface area contributed by atoms with Crippen molar-refractivity contribution in [2.75, 3.05) is 0 Å². The predicted molar refractivity (Wildman–Crippen MR) is 193 cm³/mol. The first-order valence-electron chi connectivity index (χ1n) is 15.8. The van der Waals surface area contributed by atoms with Gasteiger partial charge in [0.15, 0.2) is 0 Å². The second-order valence-corrected chi connectivity index (χ2v) is 12.0. The molecule has 0 atom stereocenters. The molecule has 0 amide bonds. The molecule has 0 saturated heterocycles. The maximum absolute atomic E-state index is 10.3. The number of hydrogen-bond donors (Lipinski definition) is 0. The van der Waals surface area contributed by atoms with E-state index in [4.69, 9.17) is 4.42 Å². The Kier molecular flexibility index (Phi) is 5.32. The SMILES string of the molecule is N#Cc1ccc(-c2ccccc2-n2c3ccccc3c3cc4oc5ccccc5c4cc32)cc1-n1c2ccccc2c2ccccc21. The minimum Gasteiger partial charge on any atom is -0.456 e. The lowest BCUT2D eigenvalue weighted by Crippen LogP contribution is -2.00. The van der Waals surface area contributed by atoms with Gasteiger partial charge in [0.1, 0.15) is 17.2 Å². The molecule has 218 valence electrons. The van der Waals surface area contributed by atoms with Crippen LogP contribution >= 0.6 is 0 Å². The van der Waals surface area contributed by atoms with Crippen LogP contribution in [0.1, 0.15) is 5.56 Å². The Bertz CT molecular complexity index is 2880. The van der Waals surface area contributed by atoms with E-state index in [1.54, 1.807) is 0 Å². The summed E-state index contributed by atoms with van der Waals surface area (Å²) < 4.78 is 10.9. The number of hydrogen-bond acceptors (Lipinski definition) is 2. The van der Waals surface area contributed by atoms with Gasteiger partial charge in [0.25, 0.3) is 0 Å². The Balaban J connectivity index is 1.26. The Morgan fingerprint density at radius 1 is 0.426 bits per heavy atom. The quantitative estimate of drug-likeness (QED) is 0.203. The number of aromatic nitrogens is 2. The number of rotatable bonds is 3. The van der Waals surface area contributed by atoms with Crippen molar-refractivity contribution in [3.05, 3.63) is 157 Å². The first-order valence-corrected chi connectivity index (χ1v) is 15.8. The molecule has 0 spiro atoms. The van der Waals surface area contributed by atoms with Crippen LogP contribution in [0.25, 0.3) is 88.1 Å². The number of fused-ring (bicyclic) bond motifs is 9. The van der Waals surface area contributed by atoms with Crippen molar-refractivity contribution in [3.8, 4) is 28.6 Å². The molecular weight excluding hydrogens is 574 g/mol. The summed E-state index contributed by atoms with van der Waals surface area (Å²) in [6.07, 6.45) is 0. The molecule has 0 bridgehead atoms. The molecule has 10 aromatic rings. The highest BCUT2D eigenvalue weighted by Gasteiger charge is 2.20. The van der Waals surface area contributed by atoms with Gasteiger partial charge < -0.3 is 13.6 Å². The van der Waals surface area contributed by atoms with Crippen LogP contribution in [0.15, 0.2) is 156 Å². The summed E-state index contributed by atoms with van der Waals surface area (Å²) >= 11 is 0. The lowest BCUT2D eigenvalue weighted by Gasteiger charge is -2.16. The molecule has 10 rings (SSSR count). The maximum Gasteiger partial charge on any atom is 0.136 e. The number of para-hydroxylation sites is 5. The van der Waals surface area contributed by atoms with Crippen molar-refractivity contribution in [2.24, 2.45) is 0 Å². The van der Waals surface area contributed by atoms with Gasteiger partial charge in [-0.2, -0.15) is 5.26 Å². The number of furan rings is 1. The van der Waals surface area contributed by atoms with E-state index in [0.29, 0.717) is 5.56 Å². The molecule has 4 nitrogen and oxygen atoms in total. The van der Waals surface area contributed by atoms with Crippen molar-refractivity contribution in [1.82, 2.24) is 9.13 Å². The van der Waals surface area contributed by atoms with Gasteiger partial charge in [-0.3, -0.25) is 0 Å². The fourth-order valence-corrected chi connectivity index (χ4v) is 7.52. The molecule has 0 unspecified atom stereocenters. The zero-order valence-electron chi connectivity index (χ0n) is 25.2. The third-order valence-corrected chi connectivity index (χ3v) is 9.57. The zero-order chi connectivity index (χ0) is 31.1. The average Bonchev–Trinajstić information content (AvgIpc) is 3.77. The highest BCUT2D eigenvalue weighted by Crippen LogP contribution is 2.41. The number of nitriles is 1. The van der Waals surface area contributed by atoms with Crippen LogP contribution in [0.4, 0.5) is 0 Å². The summed E-state index contributed by atoms with van der Waals surface area (Å²) in [6.45, 7) is 0. The van der Waals surface area contributed by atoms with E-state index in [0.717, 1.165) is 71.9 Å². The van der Waals surface area contributed by atoms with E-state index < -0.39 is 0 Å². The van der Waals surface area contributed by atoms with Crippen LogP contribution in [-0.4, -0.2) is 9.13 Å². The van der Waals surface area contributed by atoms with Gasteiger partial charge >= 0.3 is 0 Å². The fourth-order valence-electron chi connectivity index (χ4n) is 7.52. The summed E-state index contributed by atoms with van der Waals surface area (Å²) in [5, 5.41) is 17.2. The van der Waals surface area contributed by atoms with Crippen molar-refractivity contribution >= 4 is 65.6 Å². The van der Waals surface area contributed by atoms with Crippen molar-refractivity contribution in [2.45, 2.75) is 0 Å².